The van der Waals surface area contributed by atoms with Crippen molar-refractivity contribution >= 4 is 0 Å². The Balaban J connectivity index is 4.00. The van der Waals surface area contributed by atoms with Crippen molar-refractivity contribution in [3.8, 4) is 0 Å². The fourth-order valence-electron chi connectivity index (χ4n) is 0.833. The Hall–Kier alpha value is -0.780. The Morgan fingerprint density at radius 2 is 2.00 bits per heavy atom. The zero-order chi connectivity index (χ0) is 8.53. The molecule has 0 saturated carbocycles. The summed E-state index contributed by atoms with van der Waals surface area (Å²) in [6.07, 6.45) is 12.9. The van der Waals surface area contributed by atoms with E-state index in [4.69, 9.17) is 0 Å². The van der Waals surface area contributed by atoms with Gasteiger partial charge in [-0.3, -0.25) is 0 Å². The largest absolute Gasteiger partial charge is 0.0874 e. The van der Waals surface area contributed by atoms with E-state index in [-0.39, 0.29) is 0 Å². The maximum absolute atomic E-state index is 2.17. The molecule has 0 heterocycles. The van der Waals surface area contributed by atoms with Crippen LogP contribution in [0.25, 0.3) is 0 Å². The van der Waals surface area contributed by atoms with Gasteiger partial charge in [-0.2, -0.15) is 0 Å². The van der Waals surface area contributed by atoms with Gasteiger partial charge in [0.1, 0.15) is 0 Å². The first-order chi connectivity index (χ1) is 5.35. The van der Waals surface area contributed by atoms with Gasteiger partial charge in [0, 0.05) is 0 Å². The normalized spacial score (nSPS) is 13.5. The third-order valence-corrected chi connectivity index (χ3v) is 1.47. The van der Waals surface area contributed by atoms with Gasteiger partial charge in [-0.05, 0) is 25.3 Å². The van der Waals surface area contributed by atoms with E-state index in [0.717, 1.165) is 12.8 Å². The van der Waals surface area contributed by atoms with Gasteiger partial charge in [0.2, 0.25) is 0 Å². The van der Waals surface area contributed by atoms with Gasteiger partial charge >= 0.3 is 0 Å². The first kappa shape index (κ1) is 10.2. The molecule has 0 aliphatic rings. The van der Waals surface area contributed by atoms with Gasteiger partial charge in [0.15, 0.2) is 0 Å². The molecule has 0 aliphatic heterocycles. The van der Waals surface area contributed by atoms with E-state index in [0.29, 0.717) is 0 Å². The Kier molecular flexibility index (Phi) is 6.81. The molecule has 0 aliphatic carbocycles. The predicted molar refractivity (Wildman–Crippen MR) is 52.6 cm³/mol. The molecular formula is C11H18. The van der Waals surface area contributed by atoms with Gasteiger partial charge in [-0.1, -0.05) is 44.2 Å². The highest BCUT2D eigenvalue weighted by Crippen LogP contribution is 2.02. The molecule has 0 heteroatoms. The molecule has 62 valence electrons. The molecule has 0 unspecified atom stereocenters. The number of rotatable bonds is 4. The molecule has 0 spiro atoms. The fraction of sp³-hybridized carbons (Fsp3) is 0.455. The molecule has 0 bridgehead atoms. The molecule has 0 atom stereocenters. The molecule has 0 saturated heterocycles. The van der Waals surface area contributed by atoms with E-state index in [9.17, 15) is 0 Å². The van der Waals surface area contributed by atoms with Crippen LogP contribution in [0, 0.1) is 0 Å². The van der Waals surface area contributed by atoms with Crippen LogP contribution < -0.4 is 0 Å². The maximum atomic E-state index is 2.17. The highest BCUT2D eigenvalue weighted by molar-refractivity contribution is 5.22. The van der Waals surface area contributed by atoms with Gasteiger partial charge in [-0.25, -0.2) is 0 Å². The van der Waals surface area contributed by atoms with Crippen molar-refractivity contribution < 1.29 is 0 Å². The molecule has 0 radical (unpaired) electrons. The van der Waals surface area contributed by atoms with Crippen molar-refractivity contribution in [3.63, 3.8) is 0 Å². The van der Waals surface area contributed by atoms with Crippen LogP contribution in [-0.4, -0.2) is 0 Å². The summed E-state index contributed by atoms with van der Waals surface area (Å²) in [4.78, 5) is 0. The van der Waals surface area contributed by atoms with Crippen molar-refractivity contribution in [1.82, 2.24) is 0 Å². The molecule has 0 aromatic rings. The third kappa shape index (κ3) is 5.65. The summed E-state index contributed by atoms with van der Waals surface area (Å²) in [6, 6.07) is 0. The minimum Gasteiger partial charge on any atom is -0.0874 e. The zero-order valence-corrected chi connectivity index (χ0v) is 7.80. The molecule has 0 N–H and O–H groups in total. The average molecular weight is 150 g/mol. The summed E-state index contributed by atoms with van der Waals surface area (Å²) in [5.74, 6) is 0. The Morgan fingerprint density at radius 1 is 1.27 bits per heavy atom. The summed E-state index contributed by atoms with van der Waals surface area (Å²) in [5, 5.41) is 0. The lowest BCUT2D eigenvalue weighted by molar-refractivity contribution is 1.14. The average Bonchev–Trinajstić information content (AvgIpc) is 2.03. The lowest BCUT2D eigenvalue weighted by Gasteiger charge is -1.91. The van der Waals surface area contributed by atoms with Crippen LogP contribution in [-0.2, 0) is 0 Å². The van der Waals surface area contributed by atoms with Gasteiger partial charge < -0.3 is 0 Å². The first-order valence-corrected chi connectivity index (χ1v) is 4.33. The quantitative estimate of drug-likeness (QED) is 0.534. The summed E-state index contributed by atoms with van der Waals surface area (Å²) in [6.45, 7) is 6.37. The predicted octanol–water partition coefficient (Wildman–Crippen LogP) is 3.87. The van der Waals surface area contributed by atoms with E-state index in [1.807, 2.05) is 6.92 Å². The Labute approximate surface area is 70.3 Å². The second-order valence-electron chi connectivity index (χ2n) is 2.43. The summed E-state index contributed by atoms with van der Waals surface area (Å²) in [7, 11) is 0. The van der Waals surface area contributed by atoms with Crippen molar-refractivity contribution in [2.75, 3.05) is 0 Å². The maximum Gasteiger partial charge on any atom is -0.0308 e. The molecule has 0 nitrogen and oxygen atoms in total. The molecule has 11 heavy (non-hydrogen) atoms. The van der Waals surface area contributed by atoms with E-state index in [2.05, 4.69) is 44.2 Å². The van der Waals surface area contributed by atoms with Crippen LogP contribution >= 0.6 is 0 Å². The highest BCUT2D eigenvalue weighted by atomic mass is 13.9. The standard InChI is InChI=1S/C11H18/c1-4-7-8-10-11(6-3)9-5-2/h5,7-10H,4,6H2,1-3H3/b8-7+,9-5-,11-10-. The van der Waals surface area contributed by atoms with Gasteiger partial charge in [-0.15, -0.1) is 0 Å². The highest BCUT2D eigenvalue weighted by Gasteiger charge is 1.81. The van der Waals surface area contributed by atoms with Crippen LogP contribution in [0.5, 0.6) is 0 Å². The van der Waals surface area contributed by atoms with Crippen molar-refractivity contribution in [2.45, 2.75) is 33.6 Å². The summed E-state index contributed by atoms with van der Waals surface area (Å²) in [5.41, 5.74) is 1.39. The number of allylic oxidation sites excluding steroid dienone is 6. The number of hydrogen-bond donors (Lipinski definition) is 0. The Morgan fingerprint density at radius 3 is 2.45 bits per heavy atom. The molecule has 0 aromatic carbocycles. The van der Waals surface area contributed by atoms with E-state index in [1.54, 1.807) is 0 Å². The SMILES string of the molecule is C\C=C/C(=C\C=C\CC)CC. The van der Waals surface area contributed by atoms with Crippen LogP contribution in [0.2, 0.25) is 0 Å². The van der Waals surface area contributed by atoms with Crippen LogP contribution in [0.4, 0.5) is 0 Å². The molecule has 0 amide bonds. The summed E-state index contributed by atoms with van der Waals surface area (Å²) < 4.78 is 0. The lowest BCUT2D eigenvalue weighted by Crippen LogP contribution is -1.71. The first-order valence-electron chi connectivity index (χ1n) is 4.33. The zero-order valence-electron chi connectivity index (χ0n) is 7.80. The lowest BCUT2D eigenvalue weighted by atomic mass is 10.2. The summed E-state index contributed by atoms with van der Waals surface area (Å²) >= 11 is 0. The van der Waals surface area contributed by atoms with Crippen LogP contribution in [0.15, 0.2) is 36.0 Å². The van der Waals surface area contributed by atoms with E-state index >= 15 is 0 Å². The minimum absolute atomic E-state index is 1.11. The van der Waals surface area contributed by atoms with E-state index < -0.39 is 0 Å². The number of hydrogen-bond acceptors (Lipinski definition) is 0. The van der Waals surface area contributed by atoms with Gasteiger partial charge in [0.25, 0.3) is 0 Å². The third-order valence-electron chi connectivity index (χ3n) is 1.47. The molecule has 0 aromatic heterocycles. The van der Waals surface area contributed by atoms with Crippen molar-refractivity contribution in [1.29, 1.82) is 0 Å². The molecular weight excluding hydrogens is 132 g/mol. The van der Waals surface area contributed by atoms with Gasteiger partial charge in [0.05, 0.1) is 0 Å². The fourth-order valence-corrected chi connectivity index (χ4v) is 0.833. The molecule has 0 fully saturated rings. The van der Waals surface area contributed by atoms with Crippen molar-refractivity contribution in [3.05, 3.63) is 36.0 Å². The second kappa shape index (κ2) is 7.33. The molecule has 0 rings (SSSR count). The minimum atomic E-state index is 1.11. The Bertz CT molecular complexity index is 159. The van der Waals surface area contributed by atoms with E-state index in [1.165, 1.54) is 5.57 Å². The second-order valence-corrected chi connectivity index (χ2v) is 2.43. The monoisotopic (exact) mass is 150 g/mol. The smallest absolute Gasteiger partial charge is 0.0308 e. The van der Waals surface area contributed by atoms with Crippen molar-refractivity contribution in [2.24, 2.45) is 0 Å². The van der Waals surface area contributed by atoms with Crippen LogP contribution in [0.1, 0.15) is 33.6 Å². The van der Waals surface area contributed by atoms with Crippen LogP contribution in [0.3, 0.4) is 0 Å². The topological polar surface area (TPSA) is 0 Å².